The van der Waals surface area contributed by atoms with Crippen molar-refractivity contribution in [1.29, 1.82) is 0 Å². The maximum atomic E-state index is 13.2. The van der Waals surface area contributed by atoms with Crippen LogP contribution in [0.1, 0.15) is 12.5 Å². The molecular formula is C16H15FN2S. The van der Waals surface area contributed by atoms with E-state index in [1.165, 1.54) is 17.7 Å². The quantitative estimate of drug-likeness (QED) is 0.798. The van der Waals surface area contributed by atoms with E-state index in [1.54, 1.807) is 6.07 Å². The largest absolute Gasteiger partial charge is 0.332 e. The monoisotopic (exact) mass is 286 g/mol. The first kappa shape index (κ1) is 13.1. The average Bonchev–Trinajstić information content (AvgIpc) is 2.74. The smallest absolute Gasteiger partial charge is 0.178 e. The number of benzene rings is 2. The van der Waals surface area contributed by atoms with Crippen LogP contribution in [-0.4, -0.2) is 11.2 Å². The zero-order chi connectivity index (χ0) is 14.1. The molecule has 2 aromatic rings. The predicted octanol–water partition coefficient (Wildman–Crippen LogP) is 3.97. The van der Waals surface area contributed by atoms with E-state index in [9.17, 15) is 4.39 Å². The molecular weight excluding hydrogens is 271 g/mol. The van der Waals surface area contributed by atoms with E-state index in [0.29, 0.717) is 16.8 Å². The van der Waals surface area contributed by atoms with Crippen molar-refractivity contribution in [2.45, 2.75) is 19.4 Å². The minimum atomic E-state index is -0.271. The molecule has 3 rings (SSSR count). The Balaban J connectivity index is 1.84. The normalized spacial score (nSPS) is 16.9. The highest BCUT2D eigenvalue weighted by atomic mass is 32.1. The van der Waals surface area contributed by atoms with E-state index in [0.717, 1.165) is 12.1 Å². The van der Waals surface area contributed by atoms with Crippen molar-refractivity contribution < 1.29 is 4.39 Å². The van der Waals surface area contributed by atoms with Gasteiger partial charge in [-0.05, 0) is 55.4 Å². The molecule has 0 saturated carbocycles. The fraction of sp³-hybridized carbons (Fsp3) is 0.188. The third-order valence-electron chi connectivity index (χ3n) is 3.50. The van der Waals surface area contributed by atoms with E-state index >= 15 is 0 Å². The molecule has 0 radical (unpaired) electrons. The number of hydrogen-bond donors (Lipinski definition) is 1. The van der Waals surface area contributed by atoms with Gasteiger partial charge in [0.25, 0.3) is 0 Å². The number of fused-ring (bicyclic) bond motifs is 1. The number of halogens is 1. The van der Waals surface area contributed by atoms with Gasteiger partial charge in [0.1, 0.15) is 5.82 Å². The van der Waals surface area contributed by atoms with Crippen LogP contribution in [0.3, 0.4) is 0 Å². The van der Waals surface area contributed by atoms with Crippen molar-refractivity contribution in [2.24, 2.45) is 0 Å². The molecule has 20 heavy (non-hydrogen) atoms. The predicted molar refractivity (Wildman–Crippen MR) is 84.7 cm³/mol. The Hall–Kier alpha value is -1.94. The van der Waals surface area contributed by atoms with Crippen LogP contribution in [0, 0.1) is 5.82 Å². The number of hydrogen-bond acceptors (Lipinski definition) is 1. The van der Waals surface area contributed by atoms with E-state index in [1.807, 2.05) is 18.2 Å². The summed E-state index contributed by atoms with van der Waals surface area (Å²) >= 11 is 5.48. The Labute approximate surface area is 123 Å². The molecule has 0 aromatic heterocycles. The summed E-state index contributed by atoms with van der Waals surface area (Å²) in [5.41, 5.74) is 3.10. The van der Waals surface area contributed by atoms with Crippen LogP contribution in [0.2, 0.25) is 0 Å². The Morgan fingerprint density at radius 1 is 1.25 bits per heavy atom. The van der Waals surface area contributed by atoms with Gasteiger partial charge >= 0.3 is 0 Å². The van der Waals surface area contributed by atoms with Crippen molar-refractivity contribution in [1.82, 2.24) is 0 Å². The van der Waals surface area contributed by atoms with Crippen LogP contribution in [0.5, 0.6) is 0 Å². The van der Waals surface area contributed by atoms with Crippen molar-refractivity contribution in [2.75, 3.05) is 10.2 Å². The van der Waals surface area contributed by atoms with Crippen molar-refractivity contribution >= 4 is 28.7 Å². The van der Waals surface area contributed by atoms with Gasteiger partial charge in [0.2, 0.25) is 0 Å². The minimum absolute atomic E-state index is 0.271. The summed E-state index contributed by atoms with van der Waals surface area (Å²) in [5.74, 6) is -0.271. The summed E-state index contributed by atoms with van der Waals surface area (Å²) in [6.45, 7) is 2.14. The van der Waals surface area contributed by atoms with Gasteiger partial charge in [-0.15, -0.1) is 0 Å². The highest BCUT2D eigenvalue weighted by Gasteiger charge is 2.28. The summed E-state index contributed by atoms with van der Waals surface area (Å²) in [6, 6.07) is 14.9. The molecule has 4 heteroatoms. The maximum absolute atomic E-state index is 13.2. The number of thiocarbonyl (C=S) groups is 1. The van der Waals surface area contributed by atoms with Crippen LogP contribution in [-0.2, 0) is 6.42 Å². The fourth-order valence-corrected chi connectivity index (χ4v) is 3.02. The lowest BCUT2D eigenvalue weighted by atomic mass is 10.1. The van der Waals surface area contributed by atoms with Crippen LogP contribution in [0.4, 0.5) is 15.8 Å². The molecule has 102 valence electrons. The van der Waals surface area contributed by atoms with Crippen molar-refractivity contribution in [3.8, 4) is 0 Å². The Bertz CT molecular complexity index is 656. The van der Waals surface area contributed by atoms with E-state index in [-0.39, 0.29) is 5.82 Å². The molecule has 0 amide bonds. The van der Waals surface area contributed by atoms with E-state index in [2.05, 4.69) is 29.3 Å². The number of rotatable bonds is 1. The molecule has 1 atom stereocenters. The van der Waals surface area contributed by atoms with Crippen molar-refractivity contribution in [3.63, 3.8) is 0 Å². The molecule has 1 N–H and O–H groups in total. The second kappa shape index (κ2) is 5.21. The lowest BCUT2D eigenvalue weighted by molar-refractivity contribution is 0.628. The first-order valence-corrected chi connectivity index (χ1v) is 6.99. The van der Waals surface area contributed by atoms with E-state index < -0.39 is 0 Å². The highest BCUT2D eigenvalue weighted by molar-refractivity contribution is 7.80. The molecule has 2 aromatic carbocycles. The topological polar surface area (TPSA) is 15.3 Å². The molecule has 0 saturated heterocycles. The standard InChI is InChI=1S/C16H15FN2S/c1-11-9-12-5-2-3-8-15(12)19(11)16(20)18-14-7-4-6-13(17)10-14/h2-8,10-11H,9H2,1H3,(H,18,20). The average molecular weight is 286 g/mol. The van der Waals surface area contributed by atoms with Crippen LogP contribution in [0.15, 0.2) is 48.5 Å². The summed E-state index contributed by atoms with van der Waals surface area (Å²) in [4.78, 5) is 2.09. The molecule has 0 aliphatic carbocycles. The van der Waals surface area contributed by atoms with Crippen LogP contribution >= 0.6 is 12.2 Å². The zero-order valence-electron chi connectivity index (χ0n) is 11.1. The Morgan fingerprint density at radius 3 is 2.85 bits per heavy atom. The van der Waals surface area contributed by atoms with Gasteiger partial charge in [-0.25, -0.2) is 4.39 Å². The Kier molecular flexibility index (Phi) is 3.40. The molecule has 1 aliphatic rings. The molecule has 1 aliphatic heterocycles. The van der Waals surface area contributed by atoms with Gasteiger partial charge in [0, 0.05) is 17.4 Å². The first-order valence-electron chi connectivity index (χ1n) is 6.59. The minimum Gasteiger partial charge on any atom is -0.332 e. The third-order valence-corrected chi connectivity index (χ3v) is 3.80. The highest BCUT2D eigenvalue weighted by Crippen LogP contribution is 2.32. The second-order valence-electron chi connectivity index (χ2n) is 4.99. The fourth-order valence-electron chi connectivity index (χ4n) is 2.62. The first-order chi connectivity index (χ1) is 9.65. The number of para-hydroxylation sites is 1. The lowest BCUT2D eigenvalue weighted by Crippen LogP contribution is -2.38. The van der Waals surface area contributed by atoms with Gasteiger partial charge in [-0.3, -0.25) is 0 Å². The molecule has 1 heterocycles. The molecule has 2 nitrogen and oxygen atoms in total. The third kappa shape index (κ3) is 2.39. The van der Waals surface area contributed by atoms with Gasteiger partial charge < -0.3 is 10.2 Å². The van der Waals surface area contributed by atoms with Crippen molar-refractivity contribution in [3.05, 3.63) is 59.9 Å². The van der Waals surface area contributed by atoms with Gasteiger partial charge in [0.15, 0.2) is 5.11 Å². The SMILES string of the molecule is CC1Cc2ccccc2N1C(=S)Nc1cccc(F)c1. The maximum Gasteiger partial charge on any atom is 0.178 e. The number of anilines is 2. The molecule has 0 bridgehead atoms. The zero-order valence-corrected chi connectivity index (χ0v) is 12.0. The summed E-state index contributed by atoms with van der Waals surface area (Å²) in [5, 5.41) is 3.72. The molecule has 0 fully saturated rings. The second-order valence-corrected chi connectivity index (χ2v) is 5.38. The summed E-state index contributed by atoms with van der Waals surface area (Å²) in [7, 11) is 0. The van der Waals surface area contributed by atoms with Crippen LogP contribution < -0.4 is 10.2 Å². The number of nitrogens with one attached hydrogen (secondary N) is 1. The lowest BCUT2D eigenvalue weighted by Gasteiger charge is -2.26. The summed E-state index contributed by atoms with van der Waals surface area (Å²) in [6.07, 6.45) is 0.973. The van der Waals surface area contributed by atoms with Crippen LogP contribution in [0.25, 0.3) is 0 Å². The summed E-state index contributed by atoms with van der Waals surface area (Å²) < 4.78 is 13.2. The molecule has 0 spiro atoms. The molecule has 1 unspecified atom stereocenters. The van der Waals surface area contributed by atoms with Gasteiger partial charge in [0.05, 0.1) is 0 Å². The van der Waals surface area contributed by atoms with Gasteiger partial charge in [-0.2, -0.15) is 0 Å². The van der Waals surface area contributed by atoms with E-state index in [4.69, 9.17) is 12.2 Å². The van der Waals surface area contributed by atoms with Gasteiger partial charge in [-0.1, -0.05) is 24.3 Å². The Morgan fingerprint density at radius 2 is 2.05 bits per heavy atom. The number of nitrogens with zero attached hydrogens (tertiary/aromatic N) is 1.